The normalized spacial score (nSPS) is 24.9. The second-order valence-electron chi connectivity index (χ2n) is 4.05. The van der Waals surface area contributed by atoms with E-state index in [2.05, 4.69) is 11.8 Å². The van der Waals surface area contributed by atoms with Gasteiger partial charge in [-0.05, 0) is 45.2 Å². The number of nitrogens with zero attached hydrogens (tertiary/aromatic N) is 1. The van der Waals surface area contributed by atoms with Gasteiger partial charge >= 0.3 is 0 Å². The molecule has 1 unspecified atom stereocenters. The van der Waals surface area contributed by atoms with Crippen LogP contribution < -0.4 is 0 Å². The fourth-order valence-electron chi connectivity index (χ4n) is 2.30. The summed E-state index contributed by atoms with van der Waals surface area (Å²) in [4.78, 5) is 2.61. The molecule has 0 radical (unpaired) electrons. The molecule has 1 atom stereocenters. The molecule has 13 heavy (non-hydrogen) atoms. The van der Waals surface area contributed by atoms with Crippen molar-refractivity contribution in [1.29, 1.82) is 0 Å². The molecule has 1 fully saturated rings. The van der Waals surface area contributed by atoms with E-state index in [-0.39, 0.29) is 0 Å². The number of likely N-dealkylation sites (tertiary alicyclic amines) is 1. The average molecular weight is 185 g/mol. The summed E-state index contributed by atoms with van der Waals surface area (Å²) in [6.45, 7) is 5.13. The minimum absolute atomic E-state index is 0.358. The minimum Gasteiger partial charge on any atom is -0.396 e. The third-order valence-corrected chi connectivity index (χ3v) is 2.96. The van der Waals surface area contributed by atoms with Gasteiger partial charge in [0, 0.05) is 12.6 Å². The molecule has 0 aromatic rings. The molecule has 1 saturated heterocycles. The van der Waals surface area contributed by atoms with Crippen LogP contribution in [0.4, 0.5) is 0 Å². The molecule has 0 saturated carbocycles. The van der Waals surface area contributed by atoms with Gasteiger partial charge in [0.05, 0.1) is 0 Å². The van der Waals surface area contributed by atoms with E-state index in [0.717, 1.165) is 12.5 Å². The summed E-state index contributed by atoms with van der Waals surface area (Å²) in [7, 11) is 0. The van der Waals surface area contributed by atoms with E-state index in [9.17, 15) is 0 Å². The van der Waals surface area contributed by atoms with E-state index in [1.807, 2.05) is 0 Å². The first-order valence-electron chi connectivity index (χ1n) is 5.73. The monoisotopic (exact) mass is 185 g/mol. The maximum atomic E-state index is 8.79. The number of piperidine rings is 1. The predicted molar refractivity (Wildman–Crippen MR) is 55.8 cm³/mol. The summed E-state index contributed by atoms with van der Waals surface area (Å²) in [5.41, 5.74) is 0. The summed E-state index contributed by atoms with van der Waals surface area (Å²) in [6, 6.07) is 0.765. The first kappa shape index (κ1) is 11.0. The van der Waals surface area contributed by atoms with Crippen molar-refractivity contribution in [3.63, 3.8) is 0 Å². The van der Waals surface area contributed by atoms with Crippen LogP contribution in [0.1, 0.15) is 45.4 Å². The van der Waals surface area contributed by atoms with Crippen LogP contribution in [-0.2, 0) is 0 Å². The Bertz CT molecular complexity index is 125. The van der Waals surface area contributed by atoms with Crippen molar-refractivity contribution >= 4 is 0 Å². The number of hydrogen-bond acceptors (Lipinski definition) is 2. The van der Waals surface area contributed by atoms with Gasteiger partial charge in [-0.15, -0.1) is 0 Å². The van der Waals surface area contributed by atoms with Crippen molar-refractivity contribution in [3.8, 4) is 0 Å². The van der Waals surface area contributed by atoms with Crippen molar-refractivity contribution in [3.05, 3.63) is 0 Å². The van der Waals surface area contributed by atoms with Gasteiger partial charge in [-0.3, -0.25) is 0 Å². The molecular formula is C11H23NO. The zero-order chi connectivity index (χ0) is 9.52. The van der Waals surface area contributed by atoms with Crippen molar-refractivity contribution in [2.45, 2.75) is 51.5 Å². The molecule has 0 aromatic carbocycles. The molecule has 1 N–H and O–H groups in total. The second kappa shape index (κ2) is 6.39. The number of hydrogen-bond donors (Lipinski definition) is 1. The van der Waals surface area contributed by atoms with Gasteiger partial charge in [0.25, 0.3) is 0 Å². The molecule has 78 valence electrons. The molecule has 0 bridgehead atoms. The van der Waals surface area contributed by atoms with Gasteiger partial charge in [-0.25, -0.2) is 0 Å². The zero-order valence-corrected chi connectivity index (χ0v) is 8.84. The first-order chi connectivity index (χ1) is 6.38. The van der Waals surface area contributed by atoms with Crippen LogP contribution in [0.15, 0.2) is 0 Å². The average Bonchev–Trinajstić information content (AvgIpc) is 2.17. The quantitative estimate of drug-likeness (QED) is 0.708. The van der Waals surface area contributed by atoms with E-state index in [1.165, 1.54) is 45.2 Å². The van der Waals surface area contributed by atoms with Crippen LogP contribution in [0.25, 0.3) is 0 Å². The Morgan fingerprint density at radius 3 is 2.92 bits per heavy atom. The largest absolute Gasteiger partial charge is 0.396 e. The molecular weight excluding hydrogens is 162 g/mol. The van der Waals surface area contributed by atoms with Gasteiger partial charge < -0.3 is 10.0 Å². The third-order valence-electron chi connectivity index (χ3n) is 2.96. The Hall–Kier alpha value is -0.0800. The Balaban J connectivity index is 2.28. The Morgan fingerprint density at radius 1 is 1.38 bits per heavy atom. The summed E-state index contributed by atoms with van der Waals surface area (Å²) in [5.74, 6) is 0. The van der Waals surface area contributed by atoms with Gasteiger partial charge in [0.1, 0.15) is 0 Å². The molecule has 1 aliphatic rings. The summed E-state index contributed by atoms with van der Waals surface area (Å²) >= 11 is 0. The highest BCUT2D eigenvalue weighted by Gasteiger charge is 2.20. The van der Waals surface area contributed by atoms with Crippen LogP contribution in [0.2, 0.25) is 0 Å². The van der Waals surface area contributed by atoms with Crippen molar-refractivity contribution in [1.82, 2.24) is 4.90 Å². The third kappa shape index (κ3) is 3.65. The molecule has 0 amide bonds. The van der Waals surface area contributed by atoms with Crippen LogP contribution in [-0.4, -0.2) is 35.7 Å². The maximum absolute atomic E-state index is 8.79. The smallest absolute Gasteiger partial charge is 0.0431 e. The lowest BCUT2D eigenvalue weighted by atomic mass is 9.98. The first-order valence-corrected chi connectivity index (χ1v) is 5.73. The standard InChI is InChI=1S/C11H23NO/c1-2-8-12-9-4-3-6-11(12)7-5-10-13/h11,13H,2-10H2,1H3. The number of aliphatic hydroxyl groups is 1. The molecule has 1 aliphatic heterocycles. The van der Waals surface area contributed by atoms with Crippen molar-refractivity contribution < 1.29 is 5.11 Å². The lowest BCUT2D eigenvalue weighted by Gasteiger charge is -2.35. The maximum Gasteiger partial charge on any atom is 0.0431 e. The molecule has 2 heteroatoms. The SMILES string of the molecule is CCCN1CCCCC1CCCO. The summed E-state index contributed by atoms with van der Waals surface area (Å²) in [6.07, 6.45) is 7.53. The second-order valence-corrected chi connectivity index (χ2v) is 4.05. The topological polar surface area (TPSA) is 23.5 Å². The van der Waals surface area contributed by atoms with Crippen molar-refractivity contribution in [2.75, 3.05) is 19.7 Å². The summed E-state index contributed by atoms with van der Waals surface area (Å²) < 4.78 is 0. The number of rotatable bonds is 5. The van der Waals surface area contributed by atoms with E-state index in [1.54, 1.807) is 0 Å². The summed E-state index contributed by atoms with van der Waals surface area (Å²) in [5, 5.41) is 8.79. The van der Waals surface area contributed by atoms with Gasteiger partial charge in [0.15, 0.2) is 0 Å². The molecule has 0 aromatic heterocycles. The predicted octanol–water partition coefficient (Wildman–Crippen LogP) is 2.02. The van der Waals surface area contributed by atoms with Crippen molar-refractivity contribution in [2.24, 2.45) is 0 Å². The van der Waals surface area contributed by atoms with E-state index >= 15 is 0 Å². The van der Waals surface area contributed by atoms with Crippen LogP contribution in [0, 0.1) is 0 Å². The number of aliphatic hydroxyl groups excluding tert-OH is 1. The van der Waals surface area contributed by atoms with Crippen LogP contribution in [0.5, 0.6) is 0 Å². The van der Waals surface area contributed by atoms with E-state index in [4.69, 9.17) is 5.11 Å². The lowest BCUT2D eigenvalue weighted by Crippen LogP contribution is -2.39. The lowest BCUT2D eigenvalue weighted by molar-refractivity contribution is 0.131. The Kier molecular flexibility index (Phi) is 5.40. The molecule has 1 rings (SSSR count). The highest BCUT2D eigenvalue weighted by Crippen LogP contribution is 2.20. The zero-order valence-electron chi connectivity index (χ0n) is 8.84. The molecule has 0 spiro atoms. The molecule has 0 aliphatic carbocycles. The highest BCUT2D eigenvalue weighted by molar-refractivity contribution is 4.76. The fourth-order valence-corrected chi connectivity index (χ4v) is 2.30. The van der Waals surface area contributed by atoms with Crippen LogP contribution in [0.3, 0.4) is 0 Å². The van der Waals surface area contributed by atoms with E-state index in [0.29, 0.717) is 6.61 Å². The van der Waals surface area contributed by atoms with Gasteiger partial charge in [0.2, 0.25) is 0 Å². The highest BCUT2D eigenvalue weighted by atomic mass is 16.2. The van der Waals surface area contributed by atoms with E-state index < -0.39 is 0 Å². The minimum atomic E-state index is 0.358. The van der Waals surface area contributed by atoms with Crippen LogP contribution >= 0.6 is 0 Å². The van der Waals surface area contributed by atoms with Gasteiger partial charge in [-0.1, -0.05) is 13.3 Å². The van der Waals surface area contributed by atoms with Gasteiger partial charge in [-0.2, -0.15) is 0 Å². The Morgan fingerprint density at radius 2 is 2.23 bits per heavy atom. The fraction of sp³-hybridized carbons (Fsp3) is 1.00. The molecule has 1 heterocycles. The molecule has 2 nitrogen and oxygen atoms in total. The Labute approximate surface area is 81.9 Å².